The van der Waals surface area contributed by atoms with Crippen molar-refractivity contribution >= 4 is 35.5 Å². The van der Waals surface area contributed by atoms with Crippen LogP contribution in [0.4, 0.5) is 17.1 Å². The summed E-state index contributed by atoms with van der Waals surface area (Å²) >= 11 is 0. The van der Waals surface area contributed by atoms with Crippen molar-refractivity contribution in [3.05, 3.63) is 146 Å². The van der Waals surface area contributed by atoms with Crippen molar-refractivity contribution in [3.63, 3.8) is 0 Å². The Bertz CT molecular complexity index is 1670. The van der Waals surface area contributed by atoms with Crippen LogP contribution in [-0.2, 0) is 0 Å². The number of nitrogens with zero attached hydrogens (tertiary/aromatic N) is 1. The fourth-order valence-corrected chi connectivity index (χ4v) is 4.87. The number of hydrogen-bond acceptors (Lipinski definition) is 3. The van der Waals surface area contributed by atoms with Crippen LogP contribution in [0.2, 0.25) is 0 Å². The topological polar surface area (TPSA) is 32.7 Å². The summed E-state index contributed by atoms with van der Waals surface area (Å²) in [6.45, 7) is 0. The van der Waals surface area contributed by atoms with E-state index in [1.807, 2.05) is 30.3 Å². The van der Waals surface area contributed by atoms with Gasteiger partial charge in [0.25, 0.3) is 0 Å². The van der Waals surface area contributed by atoms with E-state index in [9.17, 15) is 0 Å². The third kappa shape index (κ3) is 4.78. The SMILES string of the molecule is O[B]Oc1ccc(N(c2ccc(-c3ccccc3)cc2)c2ccccc2-c2ccc3ccccc3c2)cc1. The van der Waals surface area contributed by atoms with Crippen molar-refractivity contribution in [1.82, 2.24) is 0 Å². The third-order valence-electron chi connectivity index (χ3n) is 6.72. The maximum atomic E-state index is 9.05. The second-order valence-corrected chi connectivity index (χ2v) is 9.04. The number of para-hydroxylation sites is 1. The molecular weight excluding hydrogens is 465 g/mol. The van der Waals surface area contributed by atoms with Gasteiger partial charge >= 0.3 is 7.69 Å². The molecule has 1 radical (unpaired) electrons. The van der Waals surface area contributed by atoms with Crippen molar-refractivity contribution < 1.29 is 9.68 Å². The quantitative estimate of drug-likeness (QED) is 0.228. The molecule has 0 heterocycles. The van der Waals surface area contributed by atoms with Gasteiger partial charge in [-0.25, -0.2) is 0 Å². The van der Waals surface area contributed by atoms with Crippen LogP contribution in [0.15, 0.2) is 146 Å². The van der Waals surface area contributed by atoms with E-state index in [2.05, 4.69) is 120 Å². The minimum absolute atomic E-state index is 0.568. The summed E-state index contributed by atoms with van der Waals surface area (Å²) < 4.78 is 5.16. The Morgan fingerprint density at radius 1 is 0.500 bits per heavy atom. The second-order valence-electron chi connectivity index (χ2n) is 9.04. The van der Waals surface area contributed by atoms with Crippen LogP contribution < -0.4 is 9.55 Å². The number of benzene rings is 6. The molecule has 0 amide bonds. The molecular formula is C34H25BNO2. The molecule has 0 aliphatic rings. The molecule has 1 N–H and O–H groups in total. The maximum Gasteiger partial charge on any atom is 0.569 e. The summed E-state index contributed by atoms with van der Waals surface area (Å²) in [6, 6.07) is 50.3. The number of hydrogen-bond donors (Lipinski definition) is 1. The zero-order valence-corrected chi connectivity index (χ0v) is 20.7. The Balaban J connectivity index is 1.48. The standard InChI is InChI=1S/C34H25BNO2/c37-35-38-32-22-20-31(21-23-32)36(30-18-16-27(17-19-30)25-8-2-1-3-9-25)34-13-7-6-12-33(34)29-15-14-26-10-4-5-11-28(26)24-29/h1-24,37H. The van der Waals surface area contributed by atoms with Gasteiger partial charge in [-0.15, -0.1) is 0 Å². The number of anilines is 3. The van der Waals surface area contributed by atoms with Crippen LogP contribution in [0.1, 0.15) is 0 Å². The molecule has 38 heavy (non-hydrogen) atoms. The molecule has 181 valence electrons. The fraction of sp³-hybridized carbons (Fsp3) is 0. The van der Waals surface area contributed by atoms with Crippen molar-refractivity contribution in [2.24, 2.45) is 0 Å². The first-order valence-electron chi connectivity index (χ1n) is 12.6. The zero-order chi connectivity index (χ0) is 25.7. The van der Waals surface area contributed by atoms with Gasteiger partial charge in [-0.3, -0.25) is 0 Å². The Morgan fingerprint density at radius 2 is 1.08 bits per heavy atom. The van der Waals surface area contributed by atoms with Gasteiger partial charge in [0, 0.05) is 16.9 Å². The van der Waals surface area contributed by atoms with Crippen LogP contribution >= 0.6 is 0 Å². The van der Waals surface area contributed by atoms with Crippen molar-refractivity contribution in [3.8, 4) is 28.0 Å². The average Bonchev–Trinajstić information content (AvgIpc) is 2.99. The van der Waals surface area contributed by atoms with Gasteiger partial charge in [0.1, 0.15) is 5.75 Å². The van der Waals surface area contributed by atoms with Crippen LogP contribution in [0.3, 0.4) is 0 Å². The van der Waals surface area contributed by atoms with E-state index in [1.54, 1.807) is 0 Å². The highest BCUT2D eigenvalue weighted by atomic mass is 16.5. The molecule has 3 nitrogen and oxygen atoms in total. The summed E-state index contributed by atoms with van der Waals surface area (Å²) in [7, 11) is 0.699. The highest BCUT2D eigenvalue weighted by molar-refractivity contribution is 6.17. The summed E-state index contributed by atoms with van der Waals surface area (Å²) in [5.41, 5.74) is 7.73. The molecule has 0 aliphatic heterocycles. The maximum absolute atomic E-state index is 9.05. The highest BCUT2D eigenvalue weighted by Gasteiger charge is 2.17. The van der Waals surface area contributed by atoms with Gasteiger partial charge in [-0.05, 0) is 76.0 Å². The van der Waals surface area contributed by atoms with Crippen molar-refractivity contribution in [1.29, 1.82) is 0 Å². The molecule has 0 fully saturated rings. The number of rotatable bonds is 7. The molecule has 0 atom stereocenters. The predicted octanol–water partition coefficient (Wildman–Crippen LogP) is 8.55. The molecule has 0 spiro atoms. The molecule has 6 rings (SSSR count). The molecule has 6 aromatic carbocycles. The van der Waals surface area contributed by atoms with Gasteiger partial charge < -0.3 is 14.6 Å². The first-order chi connectivity index (χ1) is 18.8. The fourth-order valence-electron chi connectivity index (χ4n) is 4.87. The second kappa shape index (κ2) is 10.7. The molecule has 0 aromatic heterocycles. The van der Waals surface area contributed by atoms with Crippen LogP contribution in [0, 0.1) is 0 Å². The van der Waals surface area contributed by atoms with Gasteiger partial charge in [0.15, 0.2) is 0 Å². The lowest BCUT2D eigenvalue weighted by Crippen LogP contribution is -2.11. The Morgan fingerprint density at radius 3 is 1.82 bits per heavy atom. The molecule has 0 aliphatic carbocycles. The smallest absolute Gasteiger partial charge is 0.537 e. The minimum Gasteiger partial charge on any atom is -0.537 e. The van der Waals surface area contributed by atoms with Crippen LogP contribution in [-0.4, -0.2) is 12.7 Å². The Kier molecular flexibility index (Phi) is 6.63. The normalized spacial score (nSPS) is 10.8. The van der Waals surface area contributed by atoms with Gasteiger partial charge in [-0.1, -0.05) is 97.1 Å². The summed E-state index contributed by atoms with van der Waals surface area (Å²) in [6.07, 6.45) is 0. The predicted molar refractivity (Wildman–Crippen MR) is 158 cm³/mol. The molecule has 0 unspecified atom stereocenters. The van der Waals surface area contributed by atoms with E-state index in [0.717, 1.165) is 28.2 Å². The van der Waals surface area contributed by atoms with Gasteiger partial charge in [0.2, 0.25) is 0 Å². The summed E-state index contributed by atoms with van der Waals surface area (Å²) in [4.78, 5) is 2.26. The molecule has 0 bridgehead atoms. The van der Waals surface area contributed by atoms with E-state index in [1.165, 1.54) is 21.9 Å². The largest absolute Gasteiger partial charge is 0.569 e. The molecule has 4 heteroatoms. The van der Waals surface area contributed by atoms with Gasteiger partial charge in [0.05, 0.1) is 5.69 Å². The molecule has 6 aromatic rings. The van der Waals surface area contributed by atoms with E-state index in [0.29, 0.717) is 13.4 Å². The van der Waals surface area contributed by atoms with Crippen molar-refractivity contribution in [2.75, 3.05) is 4.90 Å². The van der Waals surface area contributed by atoms with E-state index in [4.69, 9.17) is 9.68 Å². The van der Waals surface area contributed by atoms with E-state index in [-0.39, 0.29) is 0 Å². The lowest BCUT2D eigenvalue weighted by atomic mass is 9.98. The first kappa shape index (κ1) is 23.6. The highest BCUT2D eigenvalue weighted by Crippen LogP contribution is 2.42. The number of fused-ring (bicyclic) bond motifs is 1. The monoisotopic (exact) mass is 490 g/mol. The lowest BCUT2D eigenvalue weighted by molar-refractivity contribution is 0.454. The lowest BCUT2D eigenvalue weighted by Gasteiger charge is -2.28. The van der Waals surface area contributed by atoms with Gasteiger partial charge in [-0.2, -0.15) is 0 Å². The van der Waals surface area contributed by atoms with Crippen LogP contribution in [0.25, 0.3) is 33.0 Å². The van der Waals surface area contributed by atoms with E-state index < -0.39 is 0 Å². The minimum atomic E-state index is 0.568. The summed E-state index contributed by atoms with van der Waals surface area (Å²) in [5, 5.41) is 11.5. The third-order valence-corrected chi connectivity index (χ3v) is 6.72. The van der Waals surface area contributed by atoms with Crippen LogP contribution in [0.5, 0.6) is 5.75 Å². The summed E-state index contributed by atoms with van der Waals surface area (Å²) in [5.74, 6) is 0.568. The van der Waals surface area contributed by atoms with E-state index >= 15 is 0 Å². The Labute approximate surface area is 223 Å². The molecule has 0 saturated heterocycles. The average molecular weight is 490 g/mol. The van der Waals surface area contributed by atoms with Crippen molar-refractivity contribution in [2.45, 2.75) is 0 Å². The first-order valence-corrected chi connectivity index (χ1v) is 12.6. The Hall–Kier alpha value is -4.80. The zero-order valence-electron chi connectivity index (χ0n) is 20.7. The molecule has 0 saturated carbocycles.